The maximum absolute atomic E-state index is 5.93. The second-order valence-corrected chi connectivity index (χ2v) is 5.15. The summed E-state index contributed by atoms with van der Waals surface area (Å²) in [5.74, 6) is 1.42. The summed E-state index contributed by atoms with van der Waals surface area (Å²) in [4.78, 5) is 6.42. The number of anilines is 1. The molecule has 108 valence electrons. The number of hydrogen-bond acceptors (Lipinski definition) is 4. The number of methoxy groups -OCH3 is 1. The van der Waals surface area contributed by atoms with Crippen LogP contribution in [0, 0.1) is 6.92 Å². The molecule has 0 saturated heterocycles. The number of nitrogens with zero attached hydrogens (tertiary/aromatic N) is 3. The van der Waals surface area contributed by atoms with Gasteiger partial charge >= 0.3 is 0 Å². The van der Waals surface area contributed by atoms with Gasteiger partial charge in [-0.3, -0.25) is 0 Å². The molecule has 1 heterocycles. The molecule has 0 bridgehead atoms. The molecule has 5 nitrogen and oxygen atoms in total. The van der Waals surface area contributed by atoms with Crippen molar-refractivity contribution in [1.29, 1.82) is 0 Å². The topological polar surface area (TPSA) is 56.3 Å². The monoisotopic (exact) mass is 274 g/mol. The summed E-state index contributed by atoms with van der Waals surface area (Å²) in [6.45, 7) is 2.70. The third-order valence-electron chi connectivity index (χ3n) is 3.40. The van der Waals surface area contributed by atoms with Gasteiger partial charge in [-0.1, -0.05) is 12.1 Å². The maximum atomic E-state index is 5.93. The van der Waals surface area contributed by atoms with Gasteiger partial charge in [-0.05, 0) is 38.7 Å². The van der Waals surface area contributed by atoms with E-state index in [0.29, 0.717) is 5.95 Å². The minimum atomic E-state index is 0.209. The fourth-order valence-corrected chi connectivity index (χ4v) is 2.31. The zero-order chi connectivity index (χ0) is 14.7. The molecule has 5 heteroatoms. The van der Waals surface area contributed by atoms with Gasteiger partial charge in [0.25, 0.3) is 0 Å². The summed E-state index contributed by atoms with van der Waals surface area (Å²) in [5.41, 5.74) is 8.06. The van der Waals surface area contributed by atoms with E-state index in [2.05, 4.69) is 36.1 Å². The van der Waals surface area contributed by atoms with Crippen molar-refractivity contribution >= 4 is 5.95 Å². The van der Waals surface area contributed by atoms with Gasteiger partial charge in [0.1, 0.15) is 5.75 Å². The van der Waals surface area contributed by atoms with Crippen molar-refractivity contribution in [3.8, 4) is 5.75 Å². The Balaban J connectivity index is 2.29. The Morgan fingerprint density at radius 2 is 2.15 bits per heavy atom. The summed E-state index contributed by atoms with van der Waals surface area (Å²) >= 11 is 0. The average Bonchev–Trinajstić information content (AvgIpc) is 2.74. The SMILES string of the molecule is COc1cccc(C(Cn2cc(C)nc2N)N(C)C)c1. The number of hydrogen-bond donors (Lipinski definition) is 1. The van der Waals surface area contributed by atoms with Gasteiger partial charge < -0.3 is 19.9 Å². The average molecular weight is 274 g/mol. The third kappa shape index (κ3) is 3.11. The van der Waals surface area contributed by atoms with Crippen LogP contribution in [-0.4, -0.2) is 35.7 Å². The van der Waals surface area contributed by atoms with Crippen molar-refractivity contribution < 1.29 is 4.74 Å². The minimum absolute atomic E-state index is 0.209. The zero-order valence-corrected chi connectivity index (χ0v) is 12.5. The molecule has 20 heavy (non-hydrogen) atoms. The molecule has 1 aromatic carbocycles. The van der Waals surface area contributed by atoms with E-state index in [1.807, 2.05) is 29.8 Å². The van der Waals surface area contributed by atoms with Crippen molar-refractivity contribution in [2.24, 2.45) is 0 Å². The van der Waals surface area contributed by atoms with Crippen LogP contribution in [0.3, 0.4) is 0 Å². The highest BCUT2D eigenvalue weighted by Crippen LogP contribution is 2.25. The molecule has 2 rings (SSSR count). The lowest BCUT2D eigenvalue weighted by molar-refractivity contribution is 0.269. The summed E-state index contributed by atoms with van der Waals surface area (Å²) in [7, 11) is 5.80. The van der Waals surface area contributed by atoms with Crippen LogP contribution in [0.5, 0.6) is 5.75 Å². The van der Waals surface area contributed by atoms with E-state index in [0.717, 1.165) is 18.0 Å². The summed E-state index contributed by atoms with van der Waals surface area (Å²) in [5, 5.41) is 0. The van der Waals surface area contributed by atoms with E-state index in [1.165, 1.54) is 5.56 Å². The van der Waals surface area contributed by atoms with Crippen LogP contribution in [0.25, 0.3) is 0 Å². The highest BCUT2D eigenvalue weighted by Gasteiger charge is 2.17. The first-order valence-electron chi connectivity index (χ1n) is 6.61. The normalized spacial score (nSPS) is 12.7. The number of imidazole rings is 1. The van der Waals surface area contributed by atoms with Gasteiger partial charge in [0.15, 0.2) is 5.95 Å². The molecule has 1 unspecified atom stereocenters. The minimum Gasteiger partial charge on any atom is -0.497 e. The maximum Gasteiger partial charge on any atom is 0.200 e. The molecule has 0 radical (unpaired) electrons. The second kappa shape index (κ2) is 5.96. The first kappa shape index (κ1) is 14.4. The fraction of sp³-hybridized carbons (Fsp3) is 0.400. The van der Waals surface area contributed by atoms with Crippen molar-refractivity contribution in [2.75, 3.05) is 26.9 Å². The zero-order valence-electron chi connectivity index (χ0n) is 12.5. The lowest BCUT2D eigenvalue weighted by Crippen LogP contribution is -2.25. The molecule has 0 spiro atoms. The van der Waals surface area contributed by atoms with Crippen LogP contribution in [0.2, 0.25) is 0 Å². The lowest BCUT2D eigenvalue weighted by atomic mass is 10.1. The number of nitrogens with two attached hydrogens (primary N) is 1. The second-order valence-electron chi connectivity index (χ2n) is 5.15. The number of nitrogen functional groups attached to an aromatic ring is 1. The molecule has 1 aromatic heterocycles. The number of benzene rings is 1. The molecule has 0 saturated carbocycles. The Labute approximate surface area is 120 Å². The van der Waals surface area contributed by atoms with Crippen LogP contribution < -0.4 is 10.5 Å². The molecular formula is C15H22N4O. The predicted molar refractivity (Wildman–Crippen MR) is 80.8 cm³/mol. The Hall–Kier alpha value is -2.01. The first-order chi connectivity index (χ1) is 9.51. The molecule has 0 amide bonds. The van der Waals surface area contributed by atoms with Crippen LogP contribution >= 0.6 is 0 Å². The van der Waals surface area contributed by atoms with Gasteiger partial charge in [-0.15, -0.1) is 0 Å². The first-order valence-corrected chi connectivity index (χ1v) is 6.61. The number of rotatable bonds is 5. The number of aromatic nitrogens is 2. The lowest BCUT2D eigenvalue weighted by Gasteiger charge is -2.25. The Bertz CT molecular complexity index is 577. The molecule has 1 atom stereocenters. The van der Waals surface area contributed by atoms with E-state index in [-0.39, 0.29) is 6.04 Å². The van der Waals surface area contributed by atoms with E-state index < -0.39 is 0 Å². The van der Waals surface area contributed by atoms with Crippen LogP contribution in [-0.2, 0) is 6.54 Å². The molecule has 0 fully saturated rings. The summed E-state index contributed by atoms with van der Waals surface area (Å²) in [6.07, 6.45) is 1.98. The number of likely N-dealkylation sites (N-methyl/N-ethyl adjacent to an activating group) is 1. The van der Waals surface area contributed by atoms with Gasteiger partial charge in [-0.25, -0.2) is 4.98 Å². The highest BCUT2D eigenvalue weighted by atomic mass is 16.5. The van der Waals surface area contributed by atoms with Crippen LogP contribution in [0.4, 0.5) is 5.95 Å². The predicted octanol–water partition coefficient (Wildman–Crippen LogP) is 2.09. The third-order valence-corrected chi connectivity index (χ3v) is 3.40. The van der Waals surface area contributed by atoms with Crippen molar-refractivity contribution in [3.63, 3.8) is 0 Å². The Morgan fingerprint density at radius 1 is 1.40 bits per heavy atom. The van der Waals surface area contributed by atoms with Crippen molar-refractivity contribution in [3.05, 3.63) is 41.7 Å². The fourth-order valence-electron chi connectivity index (χ4n) is 2.31. The molecule has 0 aliphatic rings. The standard InChI is InChI=1S/C15H22N4O/c1-11-9-19(15(16)17-11)10-14(18(2)3)12-6-5-7-13(8-12)20-4/h5-9,14H,10H2,1-4H3,(H2,16,17). The van der Waals surface area contributed by atoms with E-state index in [9.17, 15) is 0 Å². The molecule has 0 aliphatic heterocycles. The van der Waals surface area contributed by atoms with Crippen LogP contribution in [0.1, 0.15) is 17.3 Å². The molecule has 2 N–H and O–H groups in total. The van der Waals surface area contributed by atoms with Gasteiger partial charge in [0.2, 0.25) is 0 Å². The quantitative estimate of drug-likeness (QED) is 0.907. The molecule has 0 aliphatic carbocycles. The molecule has 2 aromatic rings. The van der Waals surface area contributed by atoms with Gasteiger partial charge in [0, 0.05) is 12.7 Å². The molecular weight excluding hydrogens is 252 g/mol. The summed E-state index contributed by atoms with van der Waals surface area (Å²) in [6, 6.07) is 8.33. The van der Waals surface area contributed by atoms with Gasteiger partial charge in [0.05, 0.1) is 18.8 Å². The Kier molecular flexibility index (Phi) is 4.29. The number of aryl methyl sites for hydroxylation is 1. The Morgan fingerprint density at radius 3 is 2.70 bits per heavy atom. The number of ether oxygens (including phenoxy) is 1. The van der Waals surface area contributed by atoms with Gasteiger partial charge in [-0.2, -0.15) is 0 Å². The smallest absolute Gasteiger partial charge is 0.200 e. The highest BCUT2D eigenvalue weighted by molar-refractivity contribution is 5.31. The summed E-state index contributed by atoms with van der Waals surface area (Å²) < 4.78 is 7.29. The van der Waals surface area contributed by atoms with Crippen LogP contribution in [0.15, 0.2) is 30.5 Å². The van der Waals surface area contributed by atoms with E-state index in [4.69, 9.17) is 10.5 Å². The van der Waals surface area contributed by atoms with Crippen molar-refractivity contribution in [2.45, 2.75) is 19.5 Å². The van der Waals surface area contributed by atoms with Crippen molar-refractivity contribution in [1.82, 2.24) is 14.5 Å². The van der Waals surface area contributed by atoms with E-state index in [1.54, 1.807) is 7.11 Å². The van der Waals surface area contributed by atoms with E-state index >= 15 is 0 Å². The largest absolute Gasteiger partial charge is 0.497 e.